The maximum absolute atomic E-state index is 12.1. The molecule has 0 aromatic carbocycles. The standard InChI is InChI=1S/C13H22N2O5S/c1-12(6-7-21(19,20)9-12)14-11(18)15-13(8-10(16)17)4-2-3-5-13/h2-9H2,1H3,(H,16,17)(H2,14,15,18). The lowest BCUT2D eigenvalue weighted by Crippen LogP contribution is -2.57. The van der Waals surface area contributed by atoms with E-state index in [1.165, 1.54) is 0 Å². The van der Waals surface area contributed by atoms with Gasteiger partial charge in [0.1, 0.15) is 0 Å². The van der Waals surface area contributed by atoms with Crippen LogP contribution in [0, 0.1) is 0 Å². The second-order valence-electron chi connectivity index (χ2n) is 6.54. The number of aliphatic carboxylic acids is 1. The average molecular weight is 318 g/mol. The van der Waals surface area contributed by atoms with Gasteiger partial charge in [-0.15, -0.1) is 0 Å². The van der Waals surface area contributed by atoms with Crippen LogP contribution in [-0.4, -0.2) is 48.1 Å². The summed E-state index contributed by atoms with van der Waals surface area (Å²) in [5.74, 6) is -0.935. The van der Waals surface area contributed by atoms with Crippen LogP contribution in [0.2, 0.25) is 0 Å². The van der Waals surface area contributed by atoms with Crippen LogP contribution in [0.25, 0.3) is 0 Å². The Kier molecular flexibility index (Phi) is 4.19. The molecule has 1 saturated heterocycles. The SMILES string of the molecule is CC1(NC(=O)NC2(CC(=O)O)CCCC2)CCS(=O)(=O)C1. The smallest absolute Gasteiger partial charge is 0.315 e. The molecular weight excluding hydrogens is 296 g/mol. The first kappa shape index (κ1) is 16.1. The first-order valence-corrected chi connectivity index (χ1v) is 8.99. The summed E-state index contributed by atoms with van der Waals surface area (Å²) < 4.78 is 23.1. The second-order valence-corrected chi connectivity index (χ2v) is 8.72. The van der Waals surface area contributed by atoms with E-state index in [9.17, 15) is 18.0 Å². The topological polar surface area (TPSA) is 113 Å². The Hall–Kier alpha value is -1.31. The highest BCUT2D eigenvalue weighted by Gasteiger charge is 2.42. The van der Waals surface area contributed by atoms with Crippen molar-refractivity contribution >= 4 is 21.8 Å². The number of nitrogens with one attached hydrogen (secondary N) is 2. The zero-order valence-corrected chi connectivity index (χ0v) is 13.0. The molecule has 0 radical (unpaired) electrons. The number of carbonyl (C=O) groups is 2. The van der Waals surface area contributed by atoms with Crippen molar-refractivity contribution in [2.45, 2.75) is 56.5 Å². The van der Waals surface area contributed by atoms with Crippen molar-refractivity contribution in [1.82, 2.24) is 10.6 Å². The van der Waals surface area contributed by atoms with Gasteiger partial charge in [-0.25, -0.2) is 13.2 Å². The Bertz CT molecular complexity index is 539. The molecule has 0 aromatic rings. The van der Waals surface area contributed by atoms with Crippen molar-refractivity contribution in [3.8, 4) is 0 Å². The van der Waals surface area contributed by atoms with E-state index in [0.717, 1.165) is 12.8 Å². The highest BCUT2D eigenvalue weighted by atomic mass is 32.2. The minimum absolute atomic E-state index is 0.0701. The Labute approximate surface area is 124 Å². The summed E-state index contributed by atoms with van der Waals surface area (Å²) in [6.07, 6.45) is 3.34. The third kappa shape index (κ3) is 4.09. The van der Waals surface area contributed by atoms with Gasteiger partial charge in [0.05, 0.1) is 29.0 Å². The van der Waals surface area contributed by atoms with Crippen molar-refractivity contribution in [3.05, 3.63) is 0 Å². The largest absolute Gasteiger partial charge is 0.481 e. The van der Waals surface area contributed by atoms with Crippen molar-refractivity contribution < 1.29 is 23.1 Å². The summed E-state index contributed by atoms with van der Waals surface area (Å²) in [5.41, 5.74) is -1.48. The highest BCUT2D eigenvalue weighted by molar-refractivity contribution is 7.91. The summed E-state index contributed by atoms with van der Waals surface area (Å²) in [7, 11) is -3.10. The molecule has 0 aromatic heterocycles. The first-order chi connectivity index (χ1) is 9.64. The summed E-state index contributed by atoms with van der Waals surface area (Å²) in [4.78, 5) is 23.1. The molecule has 2 aliphatic rings. The third-order valence-corrected chi connectivity index (χ3v) is 6.25. The van der Waals surface area contributed by atoms with Gasteiger partial charge < -0.3 is 15.7 Å². The molecule has 1 atom stereocenters. The zero-order chi connectivity index (χ0) is 15.7. The van der Waals surface area contributed by atoms with Gasteiger partial charge in [-0.2, -0.15) is 0 Å². The monoisotopic (exact) mass is 318 g/mol. The van der Waals surface area contributed by atoms with Crippen molar-refractivity contribution in [1.29, 1.82) is 0 Å². The minimum Gasteiger partial charge on any atom is -0.481 e. The van der Waals surface area contributed by atoms with Crippen LogP contribution in [0.4, 0.5) is 4.79 Å². The zero-order valence-electron chi connectivity index (χ0n) is 12.1. The van der Waals surface area contributed by atoms with Gasteiger partial charge >= 0.3 is 12.0 Å². The van der Waals surface area contributed by atoms with E-state index in [0.29, 0.717) is 19.3 Å². The van der Waals surface area contributed by atoms with Crippen LogP contribution in [-0.2, 0) is 14.6 Å². The Balaban J connectivity index is 1.99. The fourth-order valence-electron chi connectivity index (χ4n) is 3.34. The lowest BCUT2D eigenvalue weighted by molar-refractivity contribution is -0.138. The predicted molar refractivity (Wildman–Crippen MR) is 76.8 cm³/mol. The Morgan fingerprint density at radius 3 is 2.24 bits per heavy atom. The van der Waals surface area contributed by atoms with Crippen LogP contribution in [0.5, 0.6) is 0 Å². The molecule has 8 heteroatoms. The number of carboxylic acids is 1. The quantitative estimate of drug-likeness (QED) is 0.704. The van der Waals surface area contributed by atoms with Crippen LogP contribution < -0.4 is 10.6 Å². The molecule has 2 fully saturated rings. The number of sulfone groups is 1. The van der Waals surface area contributed by atoms with Crippen LogP contribution in [0.3, 0.4) is 0 Å². The van der Waals surface area contributed by atoms with E-state index in [1.54, 1.807) is 6.92 Å². The summed E-state index contributed by atoms with van der Waals surface area (Å²) in [5, 5.41) is 14.5. The van der Waals surface area contributed by atoms with Gasteiger partial charge in [-0.1, -0.05) is 12.8 Å². The Morgan fingerprint density at radius 2 is 1.76 bits per heavy atom. The first-order valence-electron chi connectivity index (χ1n) is 7.16. The fraction of sp³-hybridized carbons (Fsp3) is 0.846. The minimum atomic E-state index is -3.10. The van der Waals surface area contributed by atoms with Gasteiger partial charge in [0.15, 0.2) is 9.84 Å². The van der Waals surface area contributed by atoms with Crippen LogP contribution in [0.1, 0.15) is 45.4 Å². The second kappa shape index (κ2) is 5.47. The average Bonchev–Trinajstić information content (AvgIpc) is 2.82. The number of urea groups is 1. The van der Waals surface area contributed by atoms with Crippen molar-refractivity contribution in [2.24, 2.45) is 0 Å². The van der Waals surface area contributed by atoms with Gasteiger partial charge in [0, 0.05) is 0 Å². The number of hydrogen-bond donors (Lipinski definition) is 3. The number of amides is 2. The molecule has 1 unspecified atom stereocenters. The molecule has 1 heterocycles. The Morgan fingerprint density at radius 1 is 1.14 bits per heavy atom. The number of carbonyl (C=O) groups excluding carboxylic acids is 1. The van der Waals surface area contributed by atoms with Crippen LogP contribution >= 0.6 is 0 Å². The van der Waals surface area contributed by atoms with Gasteiger partial charge in [-0.3, -0.25) is 4.79 Å². The summed E-state index contributed by atoms with van der Waals surface area (Å²) in [6, 6.07) is -0.474. The normalized spacial score (nSPS) is 30.0. The lowest BCUT2D eigenvalue weighted by atomic mass is 9.93. The molecular formula is C13H22N2O5S. The highest BCUT2D eigenvalue weighted by Crippen LogP contribution is 2.33. The molecule has 0 spiro atoms. The maximum Gasteiger partial charge on any atom is 0.315 e. The van der Waals surface area contributed by atoms with Gasteiger partial charge in [0.2, 0.25) is 0 Å². The van der Waals surface area contributed by atoms with Crippen molar-refractivity contribution in [2.75, 3.05) is 11.5 Å². The molecule has 3 N–H and O–H groups in total. The fourth-order valence-corrected chi connectivity index (χ4v) is 5.44. The number of carboxylic acid groups (broad SMARTS) is 1. The summed E-state index contributed by atoms with van der Waals surface area (Å²) >= 11 is 0. The van der Waals surface area contributed by atoms with Crippen LogP contribution in [0.15, 0.2) is 0 Å². The molecule has 1 aliphatic carbocycles. The maximum atomic E-state index is 12.1. The summed E-state index contributed by atoms with van der Waals surface area (Å²) in [6.45, 7) is 1.70. The molecule has 21 heavy (non-hydrogen) atoms. The van der Waals surface area contributed by atoms with E-state index in [2.05, 4.69) is 10.6 Å². The van der Waals surface area contributed by atoms with Gasteiger partial charge in [-0.05, 0) is 26.2 Å². The number of rotatable bonds is 4. The molecule has 7 nitrogen and oxygen atoms in total. The van der Waals surface area contributed by atoms with E-state index >= 15 is 0 Å². The van der Waals surface area contributed by atoms with Gasteiger partial charge in [0.25, 0.3) is 0 Å². The van der Waals surface area contributed by atoms with E-state index in [-0.39, 0.29) is 17.9 Å². The molecule has 0 bridgehead atoms. The molecule has 2 rings (SSSR count). The van der Waals surface area contributed by atoms with Crippen molar-refractivity contribution in [3.63, 3.8) is 0 Å². The van der Waals surface area contributed by atoms with E-state index in [4.69, 9.17) is 5.11 Å². The van der Waals surface area contributed by atoms with E-state index < -0.39 is 32.9 Å². The number of hydrogen-bond acceptors (Lipinski definition) is 4. The molecule has 2 amide bonds. The molecule has 1 saturated carbocycles. The van der Waals surface area contributed by atoms with E-state index in [1.807, 2.05) is 0 Å². The predicted octanol–water partition coefficient (Wildman–Crippen LogP) is 0.650. The third-order valence-electron chi connectivity index (χ3n) is 4.35. The molecule has 120 valence electrons. The molecule has 1 aliphatic heterocycles. The lowest BCUT2D eigenvalue weighted by Gasteiger charge is -2.32.